The number of nitrogens with zero attached hydrogens (tertiary/aromatic N) is 2. The number of halogens is 1. The standard InChI is InChI=1S/C26H24FN3O3S/c1-17-5-3-6-18(13-17)16-34-26-29-23-14-19(24(31)28-11-12-33-2)9-10-22(23)25(32)30(26)21-8-4-7-20(27)15-21/h3-10,13-15H,11-12,16H2,1-2H3,(H,28,31). The molecule has 0 atom stereocenters. The van der Waals surface area contributed by atoms with Crippen molar-refractivity contribution in [2.45, 2.75) is 17.8 Å². The topological polar surface area (TPSA) is 73.2 Å². The second-order valence-corrected chi connectivity index (χ2v) is 8.72. The van der Waals surface area contributed by atoms with Gasteiger partial charge in [-0.15, -0.1) is 0 Å². The lowest BCUT2D eigenvalue weighted by Crippen LogP contribution is -2.27. The lowest BCUT2D eigenvalue weighted by atomic mass is 10.1. The van der Waals surface area contributed by atoms with Crippen molar-refractivity contribution in [3.8, 4) is 5.69 Å². The van der Waals surface area contributed by atoms with E-state index < -0.39 is 5.82 Å². The average molecular weight is 478 g/mol. The summed E-state index contributed by atoms with van der Waals surface area (Å²) in [5, 5.41) is 3.53. The van der Waals surface area contributed by atoms with Crippen LogP contribution < -0.4 is 10.9 Å². The molecule has 0 spiro atoms. The van der Waals surface area contributed by atoms with Gasteiger partial charge in [0.1, 0.15) is 5.82 Å². The molecule has 0 saturated heterocycles. The van der Waals surface area contributed by atoms with E-state index in [1.807, 2.05) is 25.1 Å². The number of thioether (sulfide) groups is 1. The number of aromatic nitrogens is 2. The van der Waals surface area contributed by atoms with Crippen molar-refractivity contribution in [1.29, 1.82) is 0 Å². The number of nitrogens with one attached hydrogen (secondary N) is 1. The van der Waals surface area contributed by atoms with Crippen LogP contribution in [0.2, 0.25) is 0 Å². The van der Waals surface area contributed by atoms with Gasteiger partial charge in [0.05, 0.1) is 23.2 Å². The summed E-state index contributed by atoms with van der Waals surface area (Å²) in [6, 6.07) is 18.7. The molecule has 1 aromatic heterocycles. The van der Waals surface area contributed by atoms with Crippen molar-refractivity contribution in [2.75, 3.05) is 20.3 Å². The summed E-state index contributed by atoms with van der Waals surface area (Å²) in [4.78, 5) is 30.7. The van der Waals surface area contributed by atoms with Crippen LogP contribution in [0.25, 0.3) is 16.6 Å². The summed E-state index contributed by atoms with van der Waals surface area (Å²) < 4.78 is 20.4. The fraction of sp³-hybridized carbons (Fsp3) is 0.192. The molecule has 0 radical (unpaired) electrons. The van der Waals surface area contributed by atoms with Crippen LogP contribution in [0.3, 0.4) is 0 Å². The lowest BCUT2D eigenvalue weighted by molar-refractivity contribution is 0.0937. The van der Waals surface area contributed by atoms with E-state index in [0.29, 0.717) is 46.2 Å². The van der Waals surface area contributed by atoms with Crippen molar-refractivity contribution in [2.24, 2.45) is 0 Å². The molecule has 1 N–H and O–H groups in total. The van der Waals surface area contributed by atoms with Crippen molar-refractivity contribution >= 4 is 28.6 Å². The number of hydrogen-bond acceptors (Lipinski definition) is 5. The minimum Gasteiger partial charge on any atom is -0.383 e. The van der Waals surface area contributed by atoms with Gasteiger partial charge >= 0.3 is 0 Å². The van der Waals surface area contributed by atoms with Crippen molar-refractivity contribution < 1.29 is 13.9 Å². The number of fused-ring (bicyclic) bond motifs is 1. The zero-order valence-corrected chi connectivity index (χ0v) is 19.7. The van der Waals surface area contributed by atoms with Crippen molar-refractivity contribution in [3.63, 3.8) is 0 Å². The minimum absolute atomic E-state index is 0.274. The largest absolute Gasteiger partial charge is 0.383 e. The summed E-state index contributed by atoms with van der Waals surface area (Å²) in [5.41, 5.74) is 3.09. The van der Waals surface area contributed by atoms with Gasteiger partial charge in [0.15, 0.2) is 5.16 Å². The van der Waals surface area contributed by atoms with Gasteiger partial charge < -0.3 is 10.1 Å². The van der Waals surface area contributed by atoms with E-state index in [2.05, 4.69) is 11.4 Å². The fourth-order valence-electron chi connectivity index (χ4n) is 3.56. The van der Waals surface area contributed by atoms with E-state index in [9.17, 15) is 14.0 Å². The molecule has 1 amide bonds. The highest BCUT2D eigenvalue weighted by atomic mass is 32.2. The first-order valence-corrected chi connectivity index (χ1v) is 11.7. The van der Waals surface area contributed by atoms with Crippen LogP contribution in [-0.2, 0) is 10.5 Å². The van der Waals surface area contributed by atoms with Gasteiger partial charge in [0.2, 0.25) is 0 Å². The summed E-state index contributed by atoms with van der Waals surface area (Å²) in [6.07, 6.45) is 0. The van der Waals surface area contributed by atoms with Crippen LogP contribution in [0.1, 0.15) is 21.5 Å². The summed E-state index contributed by atoms with van der Waals surface area (Å²) in [5.74, 6) is -0.141. The average Bonchev–Trinajstić information content (AvgIpc) is 2.82. The maximum absolute atomic E-state index is 14.0. The van der Waals surface area contributed by atoms with Crippen LogP contribution in [-0.4, -0.2) is 35.7 Å². The van der Waals surface area contributed by atoms with Gasteiger partial charge in [-0.1, -0.05) is 47.7 Å². The molecule has 0 saturated carbocycles. The number of amides is 1. The highest BCUT2D eigenvalue weighted by molar-refractivity contribution is 7.98. The van der Waals surface area contributed by atoms with E-state index >= 15 is 0 Å². The molecule has 174 valence electrons. The third-order valence-electron chi connectivity index (χ3n) is 5.21. The number of aryl methyl sites for hydroxylation is 1. The normalized spacial score (nSPS) is 11.0. The van der Waals surface area contributed by atoms with Gasteiger partial charge in [0, 0.05) is 25.0 Å². The summed E-state index contributed by atoms with van der Waals surface area (Å²) in [7, 11) is 1.56. The molecule has 0 aliphatic rings. The van der Waals surface area contributed by atoms with Gasteiger partial charge in [-0.05, 0) is 48.9 Å². The summed E-state index contributed by atoms with van der Waals surface area (Å²) in [6.45, 7) is 2.79. The summed E-state index contributed by atoms with van der Waals surface area (Å²) >= 11 is 1.38. The maximum Gasteiger partial charge on any atom is 0.266 e. The molecule has 0 unspecified atom stereocenters. The maximum atomic E-state index is 14.0. The molecule has 0 aliphatic carbocycles. The first-order valence-electron chi connectivity index (χ1n) is 10.7. The first kappa shape index (κ1) is 23.7. The molecule has 6 nitrogen and oxygen atoms in total. The number of carbonyl (C=O) groups is 1. The monoisotopic (exact) mass is 477 g/mol. The first-order chi connectivity index (χ1) is 16.5. The quantitative estimate of drug-likeness (QED) is 0.230. The zero-order valence-electron chi connectivity index (χ0n) is 18.9. The Kier molecular flexibility index (Phi) is 7.40. The Morgan fingerprint density at radius 3 is 2.71 bits per heavy atom. The highest BCUT2D eigenvalue weighted by Gasteiger charge is 2.16. The number of benzene rings is 3. The van der Waals surface area contributed by atoms with E-state index in [1.54, 1.807) is 37.4 Å². The van der Waals surface area contributed by atoms with E-state index in [-0.39, 0.29) is 11.5 Å². The van der Waals surface area contributed by atoms with Gasteiger partial charge in [-0.2, -0.15) is 0 Å². The van der Waals surface area contributed by atoms with Crippen molar-refractivity contribution in [3.05, 3.63) is 99.6 Å². The Morgan fingerprint density at radius 2 is 1.94 bits per heavy atom. The second-order valence-electron chi connectivity index (χ2n) is 7.77. The molecule has 3 aromatic carbocycles. The lowest BCUT2D eigenvalue weighted by Gasteiger charge is -2.14. The molecule has 0 aliphatic heterocycles. The van der Waals surface area contributed by atoms with Crippen LogP contribution in [0, 0.1) is 12.7 Å². The number of carbonyl (C=O) groups excluding carboxylic acids is 1. The predicted molar refractivity (Wildman–Crippen MR) is 132 cm³/mol. The second kappa shape index (κ2) is 10.6. The minimum atomic E-state index is -0.442. The number of rotatable bonds is 8. The van der Waals surface area contributed by atoms with Crippen LogP contribution >= 0.6 is 11.8 Å². The molecule has 8 heteroatoms. The Morgan fingerprint density at radius 1 is 1.12 bits per heavy atom. The Bertz CT molecular complexity index is 1400. The Labute approximate surface area is 200 Å². The van der Waals surface area contributed by atoms with Gasteiger partial charge in [-0.25, -0.2) is 9.37 Å². The van der Waals surface area contributed by atoms with Gasteiger partial charge in [-0.3, -0.25) is 14.2 Å². The SMILES string of the molecule is COCCNC(=O)c1ccc2c(=O)n(-c3cccc(F)c3)c(SCc3cccc(C)c3)nc2c1. The predicted octanol–water partition coefficient (Wildman–Crippen LogP) is 4.50. The molecule has 0 bridgehead atoms. The number of ether oxygens (including phenoxy) is 1. The Hall–Kier alpha value is -3.49. The van der Waals surface area contributed by atoms with Crippen LogP contribution in [0.15, 0.2) is 76.7 Å². The molecule has 1 heterocycles. The van der Waals surface area contributed by atoms with Crippen LogP contribution in [0.5, 0.6) is 0 Å². The van der Waals surface area contributed by atoms with Crippen LogP contribution in [0.4, 0.5) is 4.39 Å². The third kappa shape index (κ3) is 5.35. The number of hydrogen-bond donors (Lipinski definition) is 1. The smallest absolute Gasteiger partial charge is 0.266 e. The number of methoxy groups -OCH3 is 1. The van der Waals surface area contributed by atoms with E-state index in [4.69, 9.17) is 9.72 Å². The fourth-order valence-corrected chi connectivity index (χ4v) is 4.52. The highest BCUT2D eigenvalue weighted by Crippen LogP contribution is 2.25. The molecular weight excluding hydrogens is 453 g/mol. The molecule has 4 rings (SSSR count). The van der Waals surface area contributed by atoms with Gasteiger partial charge in [0.25, 0.3) is 11.5 Å². The molecule has 0 fully saturated rings. The molecule has 34 heavy (non-hydrogen) atoms. The third-order valence-corrected chi connectivity index (χ3v) is 6.22. The van der Waals surface area contributed by atoms with E-state index in [1.165, 1.54) is 28.5 Å². The van der Waals surface area contributed by atoms with E-state index in [0.717, 1.165) is 11.1 Å². The molecular formula is C26H24FN3O3S. The zero-order chi connectivity index (χ0) is 24.1. The molecule has 4 aromatic rings. The van der Waals surface area contributed by atoms with Crippen molar-refractivity contribution in [1.82, 2.24) is 14.9 Å². The Balaban J connectivity index is 1.78.